The fraction of sp³-hybridized carbons (Fsp3) is 0.385. The van der Waals surface area contributed by atoms with Crippen LogP contribution in [0.4, 0.5) is 0 Å². The van der Waals surface area contributed by atoms with E-state index in [1.54, 1.807) is 19.1 Å². The van der Waals surface area contributed by atoms with Crippen molar-refractivity contribution in [3.05, 3.63) is 29.3 Å². The van der Waals surface area contributed by atoms with E-state index in [4.69, 9.17) is 11.5 Å². The minimum absolute atomic E-state index is 0.0680. The van der Waals surface area contributed by atoms with Gasteiger partial charge in [0.05, 0.1) is 4.90 Å². The van der Waals surface area contributed by atoms with Crippen LogP contribution in [0.3, 0.4) is 0 Å². The number of sulfonamides is 1. The van der Waals surface area contributed by atoms with Crippen LogP contribution in [0.2, 0.25) is 0 Å². The molecule has 0 bridgehead atoms. The monoisotopic (exact) mass is 313 g/mol. The Morgan fingerprint density at radius 2 is 1.86 bits per heavy atom. The second-order valence-electron chi connectivity index (χ2n) is 4.85. The Hall–Kier alpha value is -1.93. The van der Waals surface area contributed by atoms with Crippen molar-refractivity contribution in [1.82, 2.24) is 4.72 Å². The predicted octanol–water partition coefficient (Wildman–Crippen LogP) is -0.299. The molecule has 0 aliphatic heterocycles. The molecule has 0 heterocycles. The highest BCUT2D eigenvalue weighted by molar-refractivity contribution is 7.89. The van der Waals surface area contributed by atoms with Gasteiger partial charge in [0.15, 0.2) is 0 Å². The smallest absolute Gasteiger partial charge is 0.241 e. The van der Waals surface area contributed by atoms with Gasteiger partial charge < -0.3 is 11.5 Å². The van der Waals surface area contributed by atoms with Crippen LogP contribution in [0, 0.1) is 13.8 Å². The molecule has 7 nitrogen and oxygen atoms in total. The number of hydrogen-bond acceptors (Lipinski definition) is 4. The third kappa shape index (κ3) is 4.83. The fourth-order valence-corrected chi connectivity index (χ4v) is 3.36. The van der Waals surface area contributed by atoms with Gasteiger partial charge in [0, 0.05) is 6.42 Å². The molecule has 0 saturated heterocycles. The number of rotatable bonds is 7. The van der Waals surface area contributed by atoms with Crippen LogP contribution in [0.5, 0.6) is 0 Å². The molecule has 1 rings (SSSR count). The van der Waals surface area contributed by atoms with Crippen molar-refractivity contribution in [2.75, 3.05) is 0 Å². The van der Waals surface area contributed by atoms with Crippen molar-refractivity contribution in [2.45, 2.75) is 37.6 Å². The average molecular weight is 313 g/mol. The summed E-state index contributed by atoms with van der Waals surface area (Å²) in [5.41, 5.74) is 11.6. The van der Waals surface area contributed by atoms with Crippen LogP contribution >= 0.6 is 0 Å². The second-order valence-corrected chi connectivity index (χ2v) is 6.53. The summed E-state index contributed by atoms with van der Waals surface area (Å²) in [6, 6.07) is 3.66. The molecule has 1 aromatic carbocycles. The van der Waals surface area contributed by atoms with Gasteiger partial charge in [0.1, 0.15) is 6.04 Å². The molecular formula is C13H19N3O4S. The number of primary amides is 2. The van der Waals surface area contributed by atoms with Crippen LogP contribution in [0.25, 0.3) is 0 Å². The number of carbonyl (C=O) groups excluding carboxylic acids is 2. The SMILES string of the molecule is Cc1ccc(S(=O)(=O)NC(CCC(N)=O)C(N)=O)c(C)c1. The van der Waals surface area contributed by atoms with Gasteiger partial charge >= 0.3 is 0 Å². The van der Waals surface area contributed by atoms with Gasteiger partial charge in [-0.3, -0.25) is 9.59 Å². The first-order valence-electron chi connectivity index (χ1n) is 6.30. The Labute approximate surface area is 123 Å². The lowest BCUT2D eigenvalue weighted by molar-refractivity contribution is -0.120. The molecule has 1 aromatic rings. The zero-order valence-corrected chi connectivity index (χ0v) is 12.7. The van der Waals surface area contributed by atoms with E-state index in [1.165, 1.54) is 6.07 Å². The van der Waals surface area contributed by atoms with E-state index >= 15 is 0 Å². The maximum Gasteiger partial charge on any atom is 0.241 e. The first-order valence-corrected chi connectivity index (χ1v) is 7.79. The molecule has 116 valence electrons. The molecule has 0 saturated carbocycles. The Bertz CT molecular complexity index is 655. The lowest BCUT2D eigenvalue weighted by Crippen LogP contribution is -2.45. The number of carbonyl (C=O) groups is 2. The second kappa shape index (κ2) is 6.68. The minimum Gasteiger partial charge on any atom is -0.370 e. The summed E-state index contributed by atoms with van der Waals surface area (Å²) >= 11 is 0. The van der Waals surface area contributed by atoms with E-state index in [0.717, 1.165) is 5.56 Å². The normalized spacial score (nSPS) is 12.9. The summed E-state index contributed by atoms with van der Waals surface area (Å²) in [6.45, 7) is 3.50. The Morgan fingerprint density at radius 1 is 1.24 bits per heavy atom. The number of hydrogen-bond donors (Lipinski definition) is 3. The maximum atomic E-state index is 12.3. The molecule has 0 fully saturated rings. The van der Waals surface area contributed by atoms with E-state index in [0.29, 0.717) is 5.56 Å². The van der Waals surface area contributed by atoms with Crippen LogP contribution in [-0.2, 0) is 19.6 Å². The number of nitrogens with one attached hydrogen (secondary N) is 1. The summed E-state index contributed by atoms with van der Waals surface area (Å²) in [6.07, 6.45) is -0.211. The predicted molar refractivity (Wildman–Crippen MR) is 77.6 cm³/mol. The van der Waals surface area contributed by atoms with E-state index < -0.39 is 27.9 Å². The highest BCUT2D eigenvalue weighted by atomic mass is 32.2. The molecule has 0 radical (unpaired) electrons. The topological polar surface area (TPSA) is 132 Å². The van der Waals surface area contributed by atoms with Crippen LogP contribution in [0.1, 0.15) is 24.0 Å². The van der Waals surface area contributed by atoms with Gasteiger partial charge in [0.2, 0.25) is 21.8 Å². The van der Waals surface area contributed by atoms with Gasteiger partial charge in [-0.1, -0.05) is 17.7 Å². The fourth-order valence-electron chi connectivity index (χ4n) is 1.90. The molecule has 2 amide bonds. The Morgan fingerprint density at radius 3 is 2.33 bits per heavy atom. The number of nitrogens with two attached hydrogens (primary N) is 2. The molecule has 0 spiro atoms. The molecule has 5 N–H and O–H groups in total. The van der Waals surface area contributed by atoms with E-state index in [-0.39, 0.29) is 17.7 Å². The quantitative estimate of drug-likeness (QED) is 0.637. The van der Waals surface area contributed by atoms with Crippen LogP contribution < -0.4 is 16.2 Å². The van der Waals surface area contributed by atoms with Crippen molar-refractivity contribution >= 4 is 21.8 Å². The lowest BCUT2D eigenvalue weighted by Gasteiger charge is -2.16. The van der Waals surface area contributed by atoms with Gasteiger partial charge in [-0.25, -0.2) is 8.42 Å². The highest BCUT2D eigenvalue weighted by Crippen LogP contribution is 2.17. The largest absolute Gasteiger partial charge is 0.370 e. The van der Waals surface area contributed by atoms with Crippen molar-refractivity contribution in [3.8, 4) is 0 Å². The third-order valence-corrected chi connectivity index (χ3v) is 4.57. The van der Waals surface area contributed by atoms with Gasteiger partial charge in [0.25, 0.3) is 0 Å². The highest BCUT2D eigenvalue weighted by Gasteiger charge is 2.25. The zero-order valence-electron chi connectivity index (χ0n) is 11.9. The first kappa shape index (κ1) is 17.1. The summed E-state index contributed by atoms with van der Waals surface area (Å²) in [4.78, 5) is 22.1. The number of amides is 2. The summed E-state index contributed by atoms with van der Waals surface area (Å²) in [7, 11) is -3.90. The average Bonchev–Trinajstić information content (AvgIpc) is 2.33. The van der Waals surface area contributed by atoms with Crippen LogP contribution in [-0.4, -0.2) is 26.3 Å². The molecule has 0 aliphatic rings. The third-order valence-electron chi connectivity index (χ3n) is 2.94. The molecule has 0 aromatic heterocycles. The molecule has 1 atom stereocenters. The van der Waals surface area contributed by atoms with E-state index in [1.807, 2.05) is 6.92 Å². The minimum atomic E-state index is -3.90. The van der Waals surface area contributed by atoms with Crippen molar-refractivity contribution in [2.24, 2.45) is 11.5 Å². The Kier molecular flexibility index (Phi) is 5.45. The summed E-state index contributed by atoms with van der Waals surface area (Å²) < 4.78 is 26.8. The number of aryl methyl sites for hydroxylation is 2. The van der Waals surface area contributed by atoms with Crippen molar-refractivity contribution in [3.63, 3.8) is 0 Å². The summed E-state index contributed by atoms with van der Waals surface area (Å²) in [5, 5.41) is 0. The standard InChI is InChI=1S/C13H19N3O4S/c1-8-3-5-11(9(2)7-8)21(19,20)16-10(13(15)18)4-6-12(14)17/h3,5,7,10,16H,4,6H2,1-2H3,(H2,14,17)(H2,15,18). The maximum absolute atomic E-state index is 12.3. The van der Waals surface area contributed by atoms with Gasteiger partial charge in [-0.2, -0.15) is 4.72 Å². The molecular weight excluding hydrogens is 294 g/mol. The molecule has 0 aliphatic carbocycles. The van der Waals surface area contributed by atoms with E-state index in [2.05, 4.69) is 4.72 Å². The first-order chi connectivity index (χ1) is 9.63. The van der Waals surface area contributed by atoms with Gasteiger partial charge in [-0.15, -0.1) is 0 Å². The van der Waals surface area contributed by atoms with Crippen LogP contribution in [0.15, 0.2) is 23.1 Å². The number of benzene rings is 1. The van der Waals surface area contributed by atoms with Crippen molar-refractivity contribution in [1.29, 1.82) is 0 Å². The molecule has 21 heavy (non-hydrogen) atoms. The van der Waals surface area contributed by atoms with E-state index in [9.17, 15) is 18.0 Å². The lowest BCUT2D eigenvalue weighted by atomic mass is 10.1. The van der Waals surface area contributed by atoms with Gasteiger partial charge in [-0.05, 0) is 31.9 Å². The zero-order chi connectivity index (χ0) is 16.2. The summed E-state index contributed by atoms with van der Waals surface area (Å²) in [5.74, 6) is -1.49. The van der Waals surface area contributed by atoms with Crippen molar-refractivity contribution < 1.29 is 18.0 Å². The Balaban J connectivity index is 3.00. The molecule has 1 unspecified atom stereocenters. The molecule has 8 heteroatoms.